The molecule has 0 fully saturated rings. The lowest BCUT2D eigenvalue weighted by molar-refractivity contribution is 0.347. The molecule has 0 aliphatic heterocycles. The van der Waals surface area contributed by atoms with Crippen LogP contribution in [0.25, 0.3) is 0 Å². The lowest BCUT2D eigenvalue weighted by Crippen LogP contribution is -2.22. The van der Waals surface area contributed by atoms with Crippen molar-refractivity contribution in [3.8, 4) is 5.75 Å². The fraction of sp³-hybridized carbons (Fsp3) is 0.778. The summed E-state index contributed by atoms with van der Waals surface area (Å²) in [6.45, 7) is 6.68. The Kier molecular flexibility index (Phi) is 8.31. The van der Waals surface area contributed by atoms with Gasteiger partial charge < -0.3 is 4.74 Å². The first-order valence-electron chi connectivity index (χ1n) is 8.40. The first-order chi connectivity index (χ1) is 10.1. The third-order valence-corrected chi connectivity index (χ3v) is 5.62. The molecule has 1 heterocycles. The monoisotopic (exact) mass is 314 g/mol. The minimum absolute atomic E-state index is 0.0333. The summed E-state index contributed by atoms with van der Waals surface area (Å²) < 4.78 is 19.6. The Bertz CT molecular complexity index is 402. The second-order valence-corrected chi connectivity index (χ2v) is 7.16. The van der Waals surface area contributed by atoms with Crippen molar-refractivity contribution < 1.29 is 9.13 Å². The van der Waals surface area contributed by atoms with Gasteiger partial charge in [0.1, 0.15) is 0 Å². The van der Waals surface area contributed by atoms with Gasteiger partial charge in [0.05, 0.1) is 12.0 Å². The number of thiophene rings is 1. The topological polar surface area (TPSA) is 9.23 Å². The van der Waals surface area contributed by atoms with Crippen molar-refractivity contribution in [1.29, 1.82) is 0 Å². The Balaban J connectivity index is 2.80. The molecular formula is C18H31FOS. The molecule has 0 amide bonds. The van der Waals surface area contributed by atoms with E-state index in [1.807, 2.05) is 5.38 Å². The van der Waals surface area contributed by atoms with Crippen molar-refractivity contribution in [3.05, 3.63) is 16.1 Å². The van der Waals surface area contributed by atoms with Crippen LogP contribution in [0.5, 0.6) is 5.75 Å². The molecule has 0 aliphatic rings. The van der Waals surface area contributed by atoms with Gasteiger partial charge in [-0.3, -0.25) is 0 Å². The van der Waals surface area contributed by atoms with E-state index >= 15 is 0 Å². The third kappa shape index (κ3) is 5.28. The maximum atomic E-state index is 14.5. The molecule has 1 aromatic rings. The van der Waals surface area contributed by atoms with Crippen LogP contribution in [0.3, 0.4) is 0 Å². The van der Waals surface area contributed by atoms with E-state index in [1.54, 1.807) is 7.11 Å². The van der Waals surface area contributed by atoms with Gasteiger partial charge >= 0.3 is 0 Å². The molecule has 0 aromatic carbocycles. The maximum absolute atomic E-state index is 14.5. The highest BCUT2D eigenvalue weighted by atomic mass is 32.1. The molecule has 0 aliphatic carbocycles. The predicted molar refractivity (Wildman–Crippen MR) is 91.1 cm³/mol. The van der Waals surface area contributed by atoms with E-state index < -0.39 is 0 Å². The van der Waals surface area contributed by atoms with Crippen molar-refractivity contribution in [2.24, 2.45) is 0 Å². The SMILES string of the molecule is CCCCCCC(C)(CCCCC)c1scc(OC)c1F. The number of unbranched alkanes of at least 4 members (excludes halogenated alkanes) is 5. The van der Waals surface area contributed by atoms with E-state index in [0.717, 1.165) is 17.7 Å². The van der Waals surface area contributed by atoms with Gasteiger partial charge in [0.15, 0.2) is 11.6 Å². The Hall–Kier alpha value is -0.570. The van der Waals surface area contributed by atoms with Crippen LogP contribution in [0, 0.1) is 5.82 Å². The van der Waals surface area contributed by atoms with Crippen LogP contribution in [-0.2, 0) is 5.41 Å². The quantitative estimate of drug-likeness (QED) is 0.413. The highest BCUT2D eigenvalue weighted by Crippen LogP contribution is 2.42. The van der Waals surface area contributed by atoms with Crippen molar-refractivity contribution in [2.75, 3.05) is 7.11 Å². The van der Waals surface area contributed by atoms with Gasteiger partial charge in [0.2, 0.25) is 0 Å². The molecule has 122 valence electrons. The van der Waals surface area contributed by atoms with Crippen LogP contribution in [0.4, 0.5) is 4.39 Å². The number of methoxy groups -OCH3 is 1. The standard InChI is InChI=1S/C18H31FOS/c1-5-7-9-11-13-18(3,12-10-8-6-2)17-16(19)15(20-4)14-21-17/h14H,5-13H2,1-4H3. The van der Waals surface area contributed by atoms with Gasteiger partial charge in [-0.2, -0.15) is 0 Å². The van der Waals surface area contributed by atoms with Gasteiger partial charge in [-0.15, -0.1) is 11.3 Å². The van der Waals surface area contributed by atoms with Gasteiger partial charge in [0.25, 0.3) is 0 Å². The largest absolute Gasteiger partial charge is 0.493 e. The molecule has 21 heavy (non-hydrogen) atoms. The molecule has 0 spiro atoms. The lowest BCUT2D eigenvalue weighted by Gasteiger charge is -2.29. The number of rotatable bonds is 11. The van der Waals surface area contributed by atoms with Crippen molar-refractivity contribution in [1.82, 2.24) is 0 Å². The fourth-order valence-corrected chi connectivity index (χ4v) is 4.05. The number of hydrogen-bond acceptors (Lipinski definition) is 2. The average Bonchev–Trinajstić information content (AvgIpc) is 2.85. The molecular weight excluding hydrogens is 283 g/mol. The summed E-state index contributed by atoms with van der Waals surface area (Å²) in [7, 11) is 1.55. The minimum atomic E-state index is -0.128. The zero-order chi connectivity index (χ0) is 15.7. The number of halogens is 1. The summed E-state index contributed by atoms with van der Waals surface area (Å²) in [5, 5.41) is 1.81. The van der Waals surface area contributed by atoms with Gasteiger partial charge in [-0.25, -0.2) is 4.39 Å². The van der Waals surface area contributed by atoms with E-state index in [0.29, 0.717) is 5.75 Å². The molecule has 3 heteroatoms. The summed E-state index contributed by atoms with van der Waals surface area (Å²) >= 11 is 1.53. The van der Waals surface area contributed by atoms with E-state index in [2.05, 4.69) is 20.8 Å². The summed E-state index contributed by atoms with van der Waals surface area (Å²) in [6, 6.07) is 0. The Labute approximate surface area is 133 Å². The Morgan fingerprint density at radius 3 is 2.14 bits per heavy atom. The summed E-state index contributed by atoms with van der Waals surface area (Å²) in [6.07, 6.45) is 10.7. The van der Waals surface area contributed by atoms with Crippen LogP contribution < -0.4 is 4.74 Å². The Morgan fingerprint density at radius 2 is 1.62 bits per heavy atom. The van der Waals surface area contributed by atoms with Crippen LogP contribution in [-0.4, -0.2) is 7.11 Å². The second-order valence-electron chi connectivity index (χ2n) is 6.28. The Morgan fingerprint density at radius 1 is 1.05 bits per heavy atom. The molecule has 1 nitrogen and oxygen atoms in total. The third-order valence-electron chi connectivity index (χ3n) is 4.38. The molecule has 1 rings (SSSR count). The van der Waals surface area contributed by atoms with Crippen LogP contribution >= 0.6 is 11.3 Å². The molecule has 1 unspecified atom stereocenters. The van der Waals surface area contributed by atoms with E-state index in [1.165, 1.54) is 56.3 Å². The summed E-state index contributed by atoms with van der Waals surface area (Å²) in [5.74, 6) is 0.280. The van der Waals surface area contributed by atoms with Gasteiger partial charge in [-0.05, 0) is 12.8 Å². The lowest BCUT2D eigenvalue weighted by atomic mass is 9.78. The first-order valence-corrected chi connectivity index (χ1v) is 9.28. The molecule has 1 atom stereocenters. The van der Waals surface area contributed by atoms with Crippen LogP contribution in [0.1, 0.15) is 83.4 Å². The molecule has 0 N–H and O–H groups in total. The maximum Gasteiger partial charge on any atom is 0.179 e. The normalized spacial score (nSPS) is 14.1. The molecule has 0 saturated heterocycles. The number of hydrogen-bond donors (Lipinski definition) is 0. The number of ether oxygens (including phenoxy) is 1. The minimum Gasteiger partial charge on any atom is -0.493 e. The molecule has 0 bridgehead atoms. The van der Waals surface area contributed by atoms with E-state index in [4.69, 9.17) is 4.74 Å². The first kappa shape index (κ1) is 18.5. The molecule has 1 aromatic heterocycles. The highest BCUT2D eigenvalue weighted by molar-refractivity contribution is 7.10. The molecule has 0 saturated carbocycles. The zero-order valence-corrected chi connectivity index (χ0v) is 15.0. The summed E-state index contributed by atoms with van der Waals surface area (Å²) in [5.41, 5.74) is -0.0333. The summed E-state index contributed by atoms with van der Waals surface area (Å²) in [4.78, 5) is 0.895. The van der Waals surface area contributed by atoms with Crippen molar-refractivity contribution in [3.63, 3.8) is 0 Å². The van der Waals surface area contributed by atoms with Crippen LogP contribution in [0.2, 0.25) is 0 Å². The second kappa shape index (κ2) is 9.45. The van der Waals surface area contributed by atoms with Crippen LogP contribution in [0.15, 0.2) is 5.38 Å². The average molecular weight is 315 g/mol. The molecule has 0 radical (unpaired) electrons. The van der Waals surface area contributed by atoms with Gasteiger partial charge in [0, 0.05) is 10.8 Å². The smallest absolute Gasteiger partial charge is 0.179 e. The van der Waals surface area contributed by atoms with E-state index in [-0.39, 0.29) is 11.2 Å². The predicted octanol–water partition coefficient (Wildman–Crippen LogP) is 6.70. The van der Waals surface area contributed by atoms with Crippen molar-refractivity contribution >= 4 is 11.3 Å². The zero-order valence-electron chi connectivity index (χ0n) is 14.1. The van der Waals surface area contributed by atoms with Gasteiger partial charge in [-0.1, -0.05) is 65.7 Å². The van der Waals surface area contributed by atoms with E-state index in [9.17, 15) is 4.39 Å². The highest BCUT2D eigenvalue weighted by Gasteiger charge is 2.31. The van der Waals surface area contributed by atoms with Crippen molar-refractivity contribution in [2.45, 2.75) is 84.0 Å². The fourth-order valence-electron chi connectivity index (χ4n) is 2.93.